The number of aromatic nitrogens is 4. The van der Waals surface area contributed by atoms with Gasteiger partial charge in [-0.3, -0.25) is 19.1 Å². The number of nitrogens with zero attached hydrogens (tertiary/aromatic N) is 4. The maximum Gasteiger partial charge on any atom is 0.296 e. The fraction of sp³-hybridized carbons (Fsp3) is 0.400. The smallest absolute Gasteiger partial charge is 0.296 e. The zero-order chi connectivity index (χ0) is 25.8. The minimum atomic E-state index is -0.500. The third kappa shape index (κ3) is 6.16. The van der Waals surface area contributed by atoms with E-state index in [2.05, 4.69) is 15.3 Å². The fourth-order valence-electron chi connectivity index (χ4n) is 3.76. The topological polar surface area (TPSA) is 108 Å². The van der Waals surface area contributed by atoms with Gasteiger partial charge in [0, 0.05) is 32.3 Å². The quantitative estimate of drug-likeness (QED) is 0.415. The van der Waals surface area contributed by atoms with Crippen molar-refractivity contribution in [2.75, 3.05) is 11.9 Å². The number of anilines is 1. The molecule has 0 saturated carbocycles. The number of pyridine rings is 2. The normalized spacial score (nSPS) is 11.4. The molecule has 0 saturated heterocycles. The van der Waals surface area contributed by atoms with E-state index in [1.165, 1.54) is 10.9 Å². The number of halogens is 1. The van der Waals surface area contributed by atoms with E-state index in [0.29, 0.717) is 35.1 Å². The van der Waals surface area contributed by atoms with E-state index in [4.69, 9.17) is 16.3 Å². The molecular formula is C25H30ClN5O4. The molecule has 0 aliphatic heterocycles. The third-order valence-corrected chi connectivity index (χ3v) is 5.96. The van der Waals surface area contributed by atoms with E-state index in [1.807, 2.05) is 20.8 Å². The largest absolute Gasteiger partial charge is 0.477 e. The zero-order valence-corrected chi connectivity index (χ0v) is 21.3. The van der Waals surface area contributed by atoms with Crippen molar-refractivity contribution in [2.24, 2.45) is 12.5 Å². The van der Waals surface area contributed by atoms with Crippen LogP contribution in [0.5, 0.6) is 5.88 Å². The molecule has 0 atom stereocenters. The Morgan fingerprint density at radius 2 is 1.97 bits per heavy atom. The summed E-state index contributed by atoms with van der Waals surface area (Å²) in [5.41, 5.74) is 0.289. The lowest BCUT2D eigenvalue weighted by atomic mass is 9.83. The molecule has 35 heavy (non-hydrogen) atoms. The molecular weight excluding hydrogens is 470 g/mol. The summed E-state index contributed by atoms with van der Waals surface area (Å²) >= 11 is 6.02. The monoisotopic (exact) mass is 499 g/mol. The molecule has 3 heterocycles. The van der Waals surface area contributed by atoms with E-state index in [9.17, 15) is 14.4 Å². The van der Waals surface area contributed by atoms with Crippen LogP contribution in [0.25, 0.3) is 5.82 Å². The second-order valence-electron chi connectivity index (χ2n) is 9.04. The highest BCUT2D eigenvalue weighted by Gasteiger charge is 2.26. The van der Waals surface area contributed by atoms with Crippen molar-refractivity contribution < 1.29 is 14.3 Å². The molecule has 3 aromatic heterocycles. The third-order valence-electron chi connectivity index (χ3n) is 5.75. The Morgan fingerprint density at radius 1 is 1.23 bits per heavy atom. The van der Waals surface area contributed by atoms with Crippen molar-refractivity contribution in [3.05, 3.63) is 63.3 Å². The Labute approximate surface area is 209 Å². The van der Waals surface area contributed by atoms with Crippen LogP contribution in [0.15, 0.2) is 41.5 Å². The Hall–Kier alpha value is -3.46. The number of hydrogen-bond acceptors (Lipinski definition) is 6. The second kappa shape index (κ2) is 10.9. The first kappa shape index (κ1) is 26.2. The Morgan fingerprint density at radius 3 is 2.63 bits per heavy atom. The molecule has 186 valence electrons. The molecule has 9 nitrogen and oxygen atoms in total. The average molecular weight is 500 g/mol. The molecule has 1 N–H and O–H groups in total. The number of ether oxygens (including phenoxy) is 1. The summed E-state index contributed by atoms with van der Waals surface area (Å²) in [6.45, 7) is 7.76. The molecule has 0 aliphatic carbocycles. The van der Waals surface area contributed by atoms with Crippen LogP contribution in [-0.4, -0.2) is 37.6 Å². The maximum atomic E-state index is 13.0. The minimum Gasteiger partial charge on any atom is -0.477 e. The first-order valence-electron chi connectivity index (χ1n) is 11.4. The van der Waals surface area contributed by atoms with Crippen molar-refractivity contribution in [3.63, 3.8) is 0 Å². The molecule has 0 aliphatic rings. The molecule has 0 unspecified atom stereocenters. The molecule has 0 radical (unpaired) electrons. The number of Topliss-reactive ketones (excluding diaryl/α,β-unsaturated/α-hetero) is 1. The second-order valence-corrected chi connectivity index (χ2v) is 9.48. The molecule has 0 bridgehead atoms. The van der Waals surface area contributed by atoms with E-state index in [-0.39, 0.29) is 41.7 Å². The maximum absolute atomic E-state index is 13.0. The predicted molar refractivity (Wildman–Crippen MR) is 135 cm³/mol. The fourth-order valence-corrected chi connectivity index (χ4v) is 3.92. The summed E-state index contributed by atoms with van der Waals surface area (Å²) in [6.07, 6.45) is 3.81. The summed E-state index contributed by atoms with van der Waals surface area (Å²) < 4.78 is 8.51. The van der Waals surface area contributed by atoms with Gasteiger partial charge in [0.25, 0.3) is 5.56 Å². The van der Waals surface area contributed by atoms with Crippen LogP contribution in [0, 0.1) is 12.3 Å². The van der Waals surface area contributed by atoms with Crippen LogP contribution in [0.3, 0.4) is 0 Å². The number of carbonyl (C=O) groups excluding carboxylic acids is 2. The summed E-state index contributed by atoms with van der Waals surface area (Å²) in [7, 11) is 1.73. The highest BCUT2D eigenvalue weighted by atomic mass is 35.5. The van der Waals surface area contributed by atoms with Crippen molar-refractivity contribution in [1.82, 2.24) is 19.3 Å². The molecule has 3 rings (SSSR count). The van der Waals surface area contributed by atoms with Gasteiger partial charge in [-0.2, -0.15) is 4.68 Å². The van der Waals surface area contributed by atoms with Gasteiger partial charge in [0.05, 0.1) is 22.9 Å². The predicted octanol–water partition coefficient (Wildman–Crippen LogP) is 4.34. The van der Waals surface area contributed by atoms with Gasteiger partial charge in [0.2, 0.25) is 11.8 Å². The van der Waals surface area contributed by atoms with Gasteiger partial charge in [0.15, 0.2) is 11.6 Å². The number of amides is 1. The van der Waals surface area contributed by atoms with Crippen LogP contribution in [-0.2, 0) is 11.8 Å². The van der Waals surface area contributed by atoms with Crippen LogP contribution in [0.2, 0.25) is 5.02 Å². The number of nitrogens with one attached hydrogen (secondary N) is 1. The van der Waals surface area contributed by atoms with Crippen molar-refractivity contribution in [1.29, 1.82) is 0 Å². The van der Waals surface area contributed by atoms with E-state index < -0.39 is 5.41 Å². The summed E-state index contributed by atoms with van der Waals surface area (Å²) in [5, 5.41) is 3.12. The number of hydrogen-bond donors (Lipinski definition) is 1. The first-order valence-corrected chi connectivity index (χ1v) is 11.7. The van der Waals surface area contributed by atoms with Crippen LogP contribution in [0.1, 0.15) is 56.1 Å². The molecule has 3 aromatic rings. The number of ketones is 1. The average Bonchev–Trinajstić information content (AvgIpc) is 3.02. The van der Waals surface area contributed by atoms with Gasteiger partial charge in [0.1, 0.15) is 5.69 Å². The molecule has 0 aromatic carbocycles. The molecule has 0 fully saturated rings. The van der Waals surface area contributed by atoms with E-state index in [1.54, 1.807) is 49.1 Å². The Bertz CT molecular complexity index is 1280. The first-order chi connectivity index (χ1) is 16.5. The van der Waals surface area contributed by atoms with Gasteiger partial charge in [-0.1, -0.05) is 31.5 Å². The van der Waals surface area contributed by atoms with Crippen LogP contribution >= 0.6 is 11.6 Å². The summed E-state index contributed by atoms with van der Waals surface area (Å²) in [4.78, 5) is 47.1. The molecule has 1 amide bonds. The molecule has 10 heteroatoms. The lowest BCUT2D eigenvalue weighted by Crippen LogP contribution is -2.26. The Kier molecular flexibility index (Phi) is 8.11. The SMILES string of the molecule is CCOc1ncc(Cl)cc1C(=O)CCC(C)(C)CC(=O)Nc1c(C)n(C)n(-c2ccccn2)c1=O. The van der Waals surface area contributed by atoms with Gasteiger partial charge in [-0.25, -0.2) is 9.97 Å². The van der Waals surface area contributed by atoms with Gasteiger partial charge < -0.3 is 10.1 Å². The number of carbonyl (C=O) groups is 2. The lowest BCUT2D eigenvalue weighted by Gasteiger charge is -2.23. The van der Waals surface area contributed by atoms with Crippen LogP contribution in [0.4, 0.5) is 5.69 Å². The van der Waals surface area contributed by atoms with Crippen molar-refractivity contribution in [3.8, 4) is 11.7 Å². The van der Waals surface area contributed by atoms with Crippen molar-refractivity contribution >= 4 is 29.0 Å². The minimum absolute atomic E-state index is 0.129. The van der Waals surface area contributed by atoms with Gasteiger partial charge >= 0.3 is 0 Å². The van der Waals surface area contributed by atoms with Gasteiger partial charge in [-0.15, -0.1) is 0 Å². The summed E-state index contributed by atoms with van der Waals surface area (Å²) in [5.74, 6) is 0.250. The van der Waals surface area contributed by atoms with E-state index >= 15 is 0 Å². The van der Waals surface area contributed by atoms with Crippen molar-refractivity contribution in [2.45, 2.75) is 47.0 Å². The van der Waals surface area contributed by atoms with Gasteiger partial charge in [-0.05, 0) is 43.9 Å². The standard InChI is InChI=1S/C25H30ClN5O4/c1-6-35-23-18(13-17(26)15-28-23)19(32)10-11-25(3,4)14-21(33)29-22-16(2)30(5)31(24(22)34)20-9-7-8-12-27-20/h7-9,12-13,15H,6,10-11,14H2,1-5H3,(H,29,33). The Balaban J connectivity index is 1.68. The number of rotatable bonds is 10. The zero-order valence-electron chi connectivity index (χ0n) is 20.6. The lowest BCUT2D eigenvalue weighted by molar-refractivity contribution is -0.118. The highest BCUT2D eigenvalue weighted by Crippen LogP contribution is 2.30. The summed E-state index contributed by atoms with van der Waals surface area (Å²) in [6, 6.07) is 6.82. The highest BCUT2D eigenvalue weighted by molar-refractivity contribution is 6.30. The molecule has 0 spiro atoms. The van der Waals surface area contributed by atoms with Crippen LogP contribution < -0.4 is 15.6 Å². The van der Waals surface area contributed by atoms with E-state index in [0.717, 1.165) is 0 Å².